The molecule has 6 heteroatoms. The fourth-order valence-corrected chi connectivity index (χ4v) is 3.49. The average molecular weight is 385 g/mol. The summed E-state index contributed by atoms with van der Waals surface area (Å²) in [5, 5.41) is 4.24. The first kappa shape index (κ1) is 20.6. The van der Waals surface area contributed by atoms with E-state index in [4.69, 9.17) is 4.74 Å². The molecular formula is C22H32N4O2. The Morgan fingerprint density at radius 3 is 2.57 bits per heavy atom. The molecule has 6 nitrogen and oxygen atoms in total. The van der Waals surface area contributed by atoms with E-state index in [1.165, 1.54) is 19.3 Å². The fraction of sp³-hybridized carbons (Fsp3) is 0.545. The van der Waals surface area contributed by atoms with Crippen LogP contribution in [0.1, 0.15) is 43.0 Å². The van der Waals surface area contributed by atoms with Crippen molar-refractivity contribution in [2.45, 2.75) is 32.6 Å². The number of unbranched alkanes of at least 4 members (excludes halogenated alkanes) is 3. The van der Waals surface area contributed by atoms with Crippen molar-refractivity contribution in [1.82, 2.24) is 19.6 Å². The lowest BCUT2D eigenvalue weighted by molar-refractivity contribution is 0.0324. The van der Waals surface area contributed by atoms with Crippen molar-refractivity contribution in [3.05, 3.63) is 48.3 Å². The summed E-state index contributed by atoms with van der Waals surface area (Å²) < 4.78 is 7.23. The van der Waals surface area contributed by atoms with Gasteiger partial charge in [-0.25, -0.2) is 4.68 Å². The van der Waals surface area contributed by atoms with Gasteiger partial charge in [0.15, 0.2) is 0 Å². The zero-order valence-electron chi connectivity index (χ0n) is 16.9. The molecule has 3 rings (SSSR count). The minimum Gasteiger partial charge on any atom is -0.379 e. The molecule has 1 aliphatic heterocycles. The molecule has 2 heterocycles. The van der Waals surface area contributed by atoms with E-state index in [1.54, 1.807) is 10.9 Å². The molecule has 1 aromatic heterocycles. The normalized spacial score (nSPS) is 14.9. The van der Waals surface area contributed by atoms with Gasteiger partial charge in [0.1, 0.15) is 0 Å². The van der Waals surface area contributed by atoms with Gasteiger partial charge in [0.05, 0.1) is 18.9 Å². The van der Waals surface area contributed by atoms with Gasteiger partial charge in [-0.1, -0.05) is 26.2 Å². The largest absolute Gasteiger partial charge is 0.379 e. The van der Waals surface area contributed by atoms with Crippen molar-refractivity contribution in [3.8, 4) is 5.69 Å². The zero-order valence-corrected chi connectivity index (χ0v) is 16.9. The monoisotopic (exact) mass is 384 g/mol. The van der Waals surface area contributed by atoms with Crippen molar-refractivity contribution < 1.29 is 9.53 Å². The molecular weight excluding hydrogens is 352 g/mol. The molecule has 1 aromatic carbocycles. The van der Waals surface area contributed by atoms with E-state index in [0.29, 0.717) is 0 Å². The van der Waals surface area contributed by atoms with E-state index in [1.807, 2.05) is 41.4 Å². The number of hydrogen-bond acceptors (Lipinski definition) is 4. The minimum atomic E-state index is 0.122. The van der Waals surface area contributed by atoms with Gasteiger partial charge in [-0.2, -0.15) is 5.10 Å². The molecule has 0 saturated carbocycles. The van der Waals surface area contributed by atoms with Crippen LogP contribution in [0.2, 0.25) is 0 Å². The molecule has 0 unspecified atom stereocenters. The summed E-state index contributed by atoms with van der Waals surface area (Å²) in [5.74, 6) is 0.122. The SMILES string of the molecule is CCCCCCN(CCN1CCOCC1)C(=O)c1ccc(-n2cccn2)cc1. The summed E-state index contributed by atoms with van der Waals surface area (Å²) >= 11 is 0. The molecule has 2 aromatic rings. The van der Waals surface area contributed by atoms with E-state index < -0.39 is 0 Å². The maximum Gasteiger partial charge on any atom is 0.253 e. The predicted molar refractivity (Wildman–Crippen MR) is 111 cm³/mol. The number of ether oxygens (including phenoxy) is 1. The Bertz CT molecular complexity index is 694. The number of amides is 1. The summed E-state index contributed by atoms with van der Waals surface area (Å²) in [6.45, 7) is 8.21. The fourth-order valence-electron chi connectivity index (χ4n) is 3.49. The Kier molecular flexibility index (Phi) is 8.06. The van der Waals surface area contributed by atoms with Crippen LogP contribution in [0.25, 0.3) is 5.69 Å². The molecule has 1 fully saturated rings. The summed E-state index contributed by atoms with van der Waals surface area (Å²) in [6.07, 6.45) is 8.33. The molecule has 0 atom stereocenters. The highest BCUT2D eigenvalue weighted by Crippen LogP contribution is 2.12. The smallest absolute Gasteiger partial charge is 0.253 e. The third kappa shape index (κ3) is 5.91. The van der Waals surface area contributed by atoms with E-state index in [2.05, 4.69) is 16.9 Å². The van der Waals surface area contributed by atoms with Crippen LogP contribution >= 0.6 is 0 Å². The standard InChI is InChI=1S/C22H32N4O2/c1-2-3-4-5-12-25(15-14-24-16-18-28-19-17-24)22(27)20-7-9-21(10-8-20)26-13-6-11-23-26/h6-11,13H,2-5,12,14-19H2,1H3. The highest BCUT2D eigenvalue weighted by atomic mass is 16.5. The van der Waals surface area contributed by atoms with Crippen LogP contribution < -0.4 is 0 Å². The molecule has 28 heavy (non-hydrogen) atoms. The van der Waals surface area contributed by atoms with Gasteiger partial charge >= 0.3 is 0 Å². The van der Waals surface area contributed by atoms with Crippen molar-refractivity contribution in [3.63, 3.8) is 0 Å². The Hall–Kier alpha value is -2.18. The maximum absolute atomic E-state index is 13.1. The van der Waals surface area contributed by atoms with Crippen molar-refractivity contribution in [1.29, 1.82) is 0 Å². The van der Waals surface area contributed by atoms with Crippen molar-refractivity contribution in [2.24, 2.45) is 0 Å². The Balaban J connectivity index is 1.62. The number of aromatic nitrogens is 2. The van der Waals surface area contributed by atoms with Crippen LogP contribution in [0.15, 0.2) is 42.7 Å². The second-order valence-corrected chi connectivity index (χ2v) is 7.30. The minimum absolute atomic E-state index is 0.122. The lowest BCUT2D eigenvalue weighted by Gasteiger charge is -2.30. The van der Waals surface area contributed by atoms with E-state index in [-0.39, 0.29) is 5.91 Å². The second kappa shape index (κ2) is 11.0. The highest BCUT2D eigenvalue weighted by molar-refractivity contribution is 5.94. The van der Waals surface area contributed by atoms with Crippen LogP contribution in [-0.2, 0) is 4.74 Å². The van der Waals surface area contributed by atoms with Crippen molar-refractivity contribution >= 4 is 5.91 Å². The molecule has 1 amide bonds. The summed E-state index contributed by atoms with van der Waals surface area (Å²) in [6, 6.07) is 9.62. The molecule has 152 valence electrons. The van der Waals surface area contributed by atoms with Gasteiger partial charge in [-0.3, -0.25) is 9.69 Å². The maximum atomic E-state index is 13.1. The second-order valence-electron chi connectivity index (χ2n) is 7.30. The molecule has 0 radical (unpaired) electrons. The average Bonchev–Trinajstić information content (AvgIpc) is 3.28. The topological polar surface area (TPSA) is 50.6 Å². The molecule has 0 aliphatic carbocycles. The molecule has 1 aliphatic rings. The summed E-state index contributed by atoms with van der Waals surface area (Å²) in [4.78, 5) is 17.5. The number of morpholine rings is 1. The predicted octanol–water partition coefficient (Wildman–Crippen LogP) is 3.23. The zero-order chi connectivity index (χ0) is 19.6. The van der Waals surface area contributed by atoms with Crippen LogP contribution in [0, 0.1) is 0 Å². The molecule has 1 saturated heterocycles. The third-order valence-corrected chi connectivity index (χ3v) is 5.24. The third-order valence-electron chi connectivity index (χ3n) is 5.24. The lowest BCUT2D eigenvalue weighted by Crippen LogP contribution is -2.43. The van der Waals surface area contributed by atoms with E-state index in [9.17, 15) is 4.79 Å². The van der Waals surface area contributed by atoms with E-state index >= 15 is 0 Å². The molecule has 0 N–H and O–H groups in total. The van der Waals surface area contributed by atoms with Gasteiger partial charge in [0.2, 0.25) is 0 Å². The Labute approximate surface area is 168 Å². The number of carbonyl (C=O) groups is 1. The van der Waals surface area contributed by atoms with Gasteiger partial charge in [0.25, 0.3) is 5.91 Å². The first-order valence-electron chi connectivity index (χ1n) is 10.5. The highest BCUT2D eigenvalue weighted by Gasteiger charge is 2.18. The number of rotatable bonds is 10. The summed E-state index contributed by atoms with van der Waals surface area (Å²) in [5.41, 5.74) is 1.71. The van der Waals surface area contributed by atoms with Gasteiger partial charge < -0.3 is 9.64 Å². The lowest BCUT2D eigenvalue weighted by atomic mass is 10.1. The molecule has 0 spiro atoms. The first-order chi connectivity index (χ1) is 13.8. The van der Waals surface area contributed by atoms with Crippen LogP contribution in [0.4, 0.5) is 0 Å². The Morgan fingerprint density at radius 1 is 1.11 bits per heavy atom. The van der Waals surface area contributed by atoms with Gasteiger partial charge in [-0.05, 0) is 36.8 Å². The molecule has 0 bridgehead atoms. The van der Waals surface area contributed by atoms with Crippen LogP contribution in [0.3, 0.4) is 0 Å². The summed E-state index contributed by atoms with van der Waals surface area (Å²) in [7, 11) is 0. The number of nitrogens with zero attached hydrogens (tertiary/aromatic N) is 4. The van der Waals surface area contributed by atoms with E-state index in [0.717, 1.165) is 63.6 Å². The number of carbonyl (C=O) groups excluding carboxylic acids is 1. The quantitative estimate of drug-likeness (QED) is 0.590. The first-order valence-corrected chi connectivity index (χ1v) is 10.5. The number of hydrogen-bond donors (Lipinski definition) is 0. The number of benzene rings is 1. The van der Waals surface area contributed by atoms with Gasteiger partial charge in [-0.15, -0.1) is 0 Å². The van der Waals surface area contributed by atoms with Gasteiger partial charge in [0, 0.05) is 50.7 Å². The van der Waals surface area contributed by atoms with Crippen molar-refractivity contribution in [2.75, 3.05) is 45.9 Å². The van der Waals surface area contributed by atoms with Crippen LogP contribution in [-0.4, -0.2) is 71.4 Å². The van der Waals surface area contributed by atoms with Crippen LogP contribution in [0.5, 0.6) is 0 Å². The Morgan fingerprint density at radius 2 is 1.89 bits per heavy atom.